The zero-order valence-electron chi connectivity index (χ0n) is 14.5. The summed E-state index contributed by atoms with van der Waals surface area (Å²) in [4.78, 5) is 0. The fourth-order valence-electron chi connectivity index (χ4n) is 1.30. The van der Waals surface area contributed by atoms with Crippen molar-refractivity contribution in [1.29, 1.82) is 0 Å². The molecule has 0 radical (unpaired) electrons. The van der Waals surface area contributed by atoms with Gasteiger partial charge in [0.25, 0.3) is 0 Å². The van der Waals surface area contributed by atoms with E-state index in [0.29, 0.717) is 0 Å². The Balaban J connectivity index is 7.74. The van der Waals surface area contributed by atoms with Crippen LogP contribution in [0.25, 0.3) is 0 Å². The standard InChI is InChI=1S/C9F22O3Si/c10-1(11,2(12,13)14)9(30,31)35(32-6(24,25)3(15,16)17,33-7(26,27)4(18,19)20)34-8(28,29)5(21,22)23. The van der Waals surface area contributed by atoms with Crippen molar-refractivity contribution >= 4 is 8.80 Å². The largest absolute Gasteiger partial charge is 0.595 e. The molecule has 0 heterocycles. The summed E-state index contributed by atoms with van der Waals surface area (Å²) in [5.41, 5.74) is -8.81. The second-order valence-corrected chi connectivity index (χ2v) is 7.91. The molecule has 0 bridgehead atoms. The van der Waals surface area contributed by atoms with Crippen LogP contribution in [0, 0.1) is 0 Å². The maximum atomic E-state index is 13.9. The molecule has 0 aromatic rings. The fourth-order valence-corrected chi connectivity index (χ4v) is 3.70. The van der Waals surface area contributed by atoms with Gasteiger partial charge in [-0.3, -0.25) is 0 Å². The van der Waals surface area contributed by atoms with Crippen LogP contribution in [-0.4, -0.2) is 63.3 Å². The van der Waals surface area contributed by atoms with Crippen LogP contribution in [0.4, 0.5) is 96.6 Å². The van der Waals surface area contributed by atoms with Crippen molar-refractivity contribution < 1.29 is 110 Å². The van der Waals surface area contributed by atoms with Crippen LogP contribution in [-0.2, 0) is 13.3 Å². The van der Waals surface area contributed by atoms with E-state index in [1.807, 2.05) is 0 Å². The molecule has 0 unspecified atom stereocenters. The van der Waals surface area contributed by atoms with Gasteiger partial charge in [0.1, 0.15) is 0 Å². The quantitative estimate of drug-likeness (QED) is 0.226. The number of halogens is 22. The van der Waals surface area contributed by atoms with Gasteiger partial charge in [-0.25, -0.2) is 0 Å². The van der Waals surface area contributed by atoms with Crippen LogP contribution in [0.1, 0.15) is 0 Å². The molecule has 212 valence electrons. The SMILES string of the molecule is FC(F)(F)C(F)(F)O[Si](OC(F)(F)C(F)(F)F)(OC(F)(F)C(F)(F)F)C(F)(F)C(F)(F)C(F)(F)F. The minimum absolute atomic E-state index is 1.34. The minimum atomic E-state index is -10.7. The molecule has 0 aromatic carbocycles. The topological polar surface area (TPSA) is 27.7 Å². The number of rotatable bonds is 8. The third-order valence-electron chi connectivity index (χ3n) is 2.91. The lowest BCUT2D eigenvalue weighted by Crippen LogP contribution is -2.77. The molecule has 0 saturated carbocycles. The highest BCUT2D eigenvalue weighted by molar-refractivity contribution is 6.64. The third kappa shape index (κ3) is 6.11. The Kier molecular flexibility index (Phi) is 8.20. The monoisotopic (exact) mass is 602 g/mol. The Morgan fingerprint density at radius 1 is 0.314 bits per heavy atom. The van der Waals surface area contributed by atoms with E-state index >= 15 is 0 Å². The smallest absolute Gasteiger partial charge is 0.302 e. The Bertz CT molecular complexity index is 672. The Morgan fingerprint density at radius 2 is 0.514 bits per heavy atom. The van der Waals surface area contributed by atoms with Crippen molar-refractivity contribution in [2.75, 3.05) is 0 Å². The van der Waals surface area contributed by atoms with Gasteiger partial charge in [0, 0.05) is 0 Å². The summed E-state index contributed by atoms with van der Waals surface area (Å²) in [6.07, 6.45) is -55.9. The molecule has 0 N–H and O–H groups in total. The van der Waals surface area contributed by atoms with E-state index in [0.717, 1.165) is 0 Å². The van der Waals surface area contributed by atoms with E-state index in [1.54, 1.807) is 0 Å². The van der Waals surface area contributed by atoms with Gasteiger partial charge in [-0.2, -0.15) is 96.6 Å². The summed E-state index contributed by atoms with van der Waals surface area (Å²) < 4.78 is 282. The van der Waals surface area contributed by atoms with Crippen LogP contribution in [0.2, 0.25) is 0 Å². The first kappa shape index (κ1) is 33.6. The van der Waals surface area contributed by atoms with Crippen molar-refractivity contribution in [2.45, 2.75) is 54.5 Å². The van der Waals surface area contributed by atoms with Gasteiger partial charge in [0.05, 0.1) is 0 Å². The molecule has 26 heteroatoms. The summed E-state index contributed by atoms with van der Waals surface area (Å²) in [6.45, 7) is 0. The van der Waals surface area contributed by atoms with Gasteiger partial charge in [0.15, 0.2) is 0 Å². The number of alkyl halides is 22. The summed E-state index contributed by atoms with van der Waals surface area (Å²) in [7, 11) is -10.7. The summed E-state index contributed by atoms with van der Waals surface area (Å²) in [6, 6.07) is 0. The molecule has 0 amide bonds. The Morgan fingerprint density at radius 3 is 0.657 bits per heavy atom. The Labute approximate surface area is 174 Å². The van der Waals surface area contributed by atoms with Crippen molar-refractivity contribution in [3.63, 3.8) is 0 Å². The molecular weight excluding hydrogens is 602 g/mol. The Hall–Kier alpha value is -1.44. The fraction of sp³-hybridized carbons (Fsp3) is 1.00. The molecule has 3 nitrogen and oxygen atoms in total. The third-order valence-corrected chi connectivity index (χ3v) is 5.57. The lowest BCUT2D eigenvalue weighted by Gasteiger charge is -2.43. The molecule has 0 aliphatic rings. The van der Waals surface area contributed by atoms with Crippen molar-refractivity contribution in [2.24, 2.45) is 0 Å². The highest BCUT2D eigenvalue weighted by atomic mass is 28.4. The van der Waals surface area contributed by atoms with E-state index < -0.39 is 63.3 Å². The molecule has 0 atom stereocenters. The number of hydrogen-bond donors (Lipinski definition) is 0. The summed E-state index contributed by atoms with van der Waals surface area (Å²) in [5, 5.41) is 0. The molecule has 0 fully saturated rings. The molecule has 0 rings (SSSR count). The zero-order valence-corrected chi connectivity index (χ0v) is 15.5. The molecule has 0 aliphatic carbocycles. The van der Waals surface area contributed by atoms with Gasteiger partial charge >= 0.3 is 63.3 Å². The predicted octanol–water partition coefficient (Wildman–Crippen LogP) is 6.81. The van der Waals surface area contributed by atoms with Gasteiger partial charge in [-0.15, -0.1) is 0 Å². The van der Waals surface area contributed by atoms with Crippen molar-refractivity contribution in [1.82, 2.24) is 0 Å². The van der Waals surface area contributed by atoms with E-state index in [1.165, 1.54) is 13.3 Å². The molecule has 0 aliphatic heterocycles. The number of hydrogen-bond acceptors (Lipinski definition) is 3. The minimum Gasteiger partial charge on any atom is -0.302 e. The van der Waals surface area contributed by atoms with Crippen molar-refractivity contribution in [3.05, 3.63) is 0 Å². The lowest BCUT2D eigenvalue weighted by molar-refractivity contribution is -0.438. The molecule has 0 spiro atoms. The van der Waals surface area contributed by atoms with Gasteiger partial charge in [-0.05, 0) is 0 Å². The molecule has 0 aromatic heterocycles. The highest BCUT2D eigenvalue weighted by Crippen LogP contribution is 2.57. The first-order chi connectivity index (χ1) is 14.6. The maximum Gasteiger partial charge on any atom is 0.595 e. The van der Waals surface area contributed by atoms with E-state index in [9.17, 15) is 96.6 Å². The average molecular weight is 602 g/mol. The second-order valence-electron chi connectivity index (χ2n) is 5.55. The normalized spacial score (nSPS) is 16.6. The first-order valence-corrected chi connectivity index (χ1v) is 8.61. The maximum absolute atomic E-state index is 13.9. The van der Waals surface area contributed by atoms with Gasteiger partial charge in [0.2, 0.25) is 0 Å². The van der Waals surface area contributed by atoms with Crippen LogP contribution >= 0.6 is 0 Å². The van der Waals surface area contributed by atoms with Crippen LogP contribution in [0.3, 0.4) is 0 Å². The first-order valence-electron chi connectivity index (χ1n) is 6.88. The van der Waals surface area contributed by atoms with Crippen LogP contribution < -0.4 is 0 Å². The molecule has 0 saturated heterocycles. The second kappa shape index (κ2) is 8.56. The lowest BCUT2D eigenvalue weighted by atomic mass is 10.3. The summed E-state index contributed by atoms with van der Waals surface area (Å²) in [5.74, 6) is -8.60. The predicted molar refractivity (Wildman–Crippen MR) is 58.0 cm³/mol. The summed E-state index contributed by atoms with van der Waals surface area (Å²) >= 11 is 0. The van der Waals surface area contributed by atoms with Crippen LogP contribution in [0.15, 0.2) is 0 Å². The van der Waals surface area contributed by atoms with E-state index in [4.69, 9.17) is 0 Å². The van der Waals surface area contributed by atoms with E-state index in [2.05, 4.69) is 0 Å². The molecular formula is C9F22O3Si. The van der Waals surface area contributed by atoms with Crippen LogP contribution in [0.5, 0.6) is 0 Å². The average Bonchev–Trinajstić information content (AvgIpc) is 2.48. The van der Waals surface area contributed by atoms with E-state index in [-0.39, 0.29) is 0 Å². The molecule has 35 heavy (non-hydrogen) atoms. The van der Waals surface area contributed by atoms with Crippen molar-refractivity contribution in [3.8, 4) is 0 Å². The van der Waals surface area contributed by atoms with Gasteiger partial charge < -0.3 is 13.3 Å². The highest BCUT2D eigenvalue weighted by Gasteiger charge is 2.92. The van der Waals surface area contributed by atoms with Gasteiger partial charge in [-0.1, -0.05) is 0 Å². The zero-order chi connectivity index (χ0) is 29.1.